The molecular weight excluding hydrogens is 349 g/mol. The van der Waals surface area contributed by atoms with Crippen LogP contribution in [0.25, 0.3) is 0 Å². The molecule has 0 unspecified atom stereocenters. The van der Waals surface area contributed by atoms with Crippen molar-refractivity contribution in [3.05, 3.63) is 52.8 Å². The first-order valence-electron chi connectivity index (χ1n) is 7.64. The van der Waals surface area contributed by atoms with E-state index in [0.29, 0.717) is 28.9 Å². The van der Waals surface area contributed by atoms with E-state index in [-0.39, 0.29) is 12.5 Å². The minimum absolute atomic E-state index is 0.0463. The van der Waals surface area contributed by atoms with Gasteiger partial charge < -0.3 is 14.5 Å². The summed E-state index contributed by atoms with van der Waals surface area (Å²) in [5.41, 5.74) is 1.12. The van der Waals surface area contributed by atoms with E-state index in [1.54, 1.807) is 35.5 Å². The molecule has 2 aromatic rings. The normalized spacial score (nSPS) is 14.6. The van der Waals surface area contributed by atoms with Crippen LogP contribution in [0, 0.1) is 0 Å². The van der Waals surface area contributed by atoms with Crippen molar-refractivity contribution in [1.82, 2.24) is 9.88 Å². The summed E-state index contributed by atoms with van der Waals surface area (Å²) in [4.78, 5) is 20.4. The van der Waals surface area contributed by atoms with Crippen LogP contribution in [-0.2, 0) is 4.79 Å². The summed E-state index contributed by atoms with van der Waals surface area (Å²) in [5.74, 6) is 0.369. The number of pyridine rings is 1. The fourth-order valence-electron chi connectivity index (χ4n) is 2.59. The smallest absolute Gasteiger partial charge is 0.260 e. The molecule has 7 heteroatoms. The Morgan fingerprint density at radius 2 is 1.79 bits per heavy atom. The molecule has 1 aromatic heterocycles. The number of hydrogen-bond acceptors (Lipinski definition) is 4. The van der Waals surface area contributed by atoms with E-state index in [9.17, 15) is 4.79 Å². The van der Waals surface area contributed by atoms with Crippen molar-refractivity contribution in [2.45, 2.75) is 0 Å². The van der Waals surface area contributed by atoms with Gasteiger partial charge in [0, 0.05) is 55.3 Å². The van der Waals surface area contributed by atoms with E-state index < -0.39 is 0 Å². The van der Waals surface area contributed by atoms with Crippen molar-refractivity contribution in [3.63, 3.8) is 0 Å². The van der Waals surface area contributed by atoms with Crippen LogP contribution in [-0.4, -0.2) is 48.6 Å². The highest BCUT2D eigenvalue weighted by Crippen LogP contribution is 2.27. The van der Waals surface area contributed by atoms with E-state index >= 15 is 0 Å². The maximum absolute atomic E-state index is 12.3. The molecule has 1 aromatic carbocycles. The number of rotatable bonds is 4. The van der Waals surface area contributed by atoms with Crippen LogP contribution >= 0.6 is 23.2 Å². The number of benzene rings is 1. The quantitative estimate of drug-likeness (QED) is 0.834. The SMILES string of the molecule is O=C(COc1cc(Cl)ccc1Cl)N1CCN(c2ccncc2)CC1. The molecule has 1 aliphatic rings. The summed E-state index contributed by atoms with van der Waals surface area (Å²) in [6, 6.07) is 8.89. The zero-order valence-electron chi connectivity index (χ0n) is 13.0. The van der Waals surface area contributed by atoms with E-state index in [0.717, 1.165) is 18.8 Å². The van der Waals surface area contributed by atoms with Crippen LogP contribution in [0.3, 0.4) is 0 Å². The summed E-state index contributed by atoms with van der Waals surface area (Å²) in [5, 5.41) is 0.961. The van der Waals surface area contributed by atoms with E-state index in [2.05, 4.69) is 9.88 Å². The Hall–Kier alpha value is -1.98. The lowest BCUT2D eigenvalue weighted by Gasteiger charge is -2.36. The van der Waals surface area contributed by atoms with E-state index in [1.807, 2.05) is 12.1 Å². The van der Waals surface area contributed by atoms with Crippen molar-refractivity contribution in [3.8, 4) is 5.75 Å². The van der Waals surface area contributed by atoms with Gasteiger partial charge in [0.25, 0.3) is 5.91 Å². The highest BCUT2D eigenvalue weighted by Gasteiger charge is 2.21. The maximum atomic E-state index is 12.3. The second kappa shape index (κ2) is 7.73. The van der Waals surface area contributed by atoms with Gasteiger partial charge in [0.05, 0.1) is 5.02 Å². The van der Waals surface area contributed by atoms with E-state index in [1.165, 1.54) is 0 Å². The third kappa shape index (κ3) is 4.10. The monoisotopic (exact) mass is 365 g/mol. The molecule has 0 bridgehead atoms. The Labute approximate surface area is 150 Å². The molecule has 1 fully saturated rings. The number of halogens is 2. The van der Waals surface area contributed by atoms with Gasteiger partial charge in [0.2, 0.25) is 0 Å². The molecule has 0 spiro atoms. The first-order chi connectivity index (χ1) is 11.6. The van der Waals surface area contributed by atoms with Gasteiger partial charge in [-0.1, -0.05) is 23.2 Å². The Morgan fingerprint density at radius 3 is 2.50 bits per heavy atom. The lowest BCUT2D eigenvalue weighted by molar-refractivity contribution is -0.133. The number of carbonyl (C=O) groups excluding carboxylic acids is 1. The summed E-state index contributed by atoms with van der Waals surface area (Å²) < 4.78 is 5.51. The summed E-state index contributed by atoms with van der Waals surface area (Å²) in [6.07, 6.45) is 3.55. The van der Waals surface area contributed by atoms with Crippen molar-refractivity contribution < 1.29 is 9.53 Å². The van der Waals surface area contributed by atoms with Crippen LogP contribution in [0.1, 0.15) is 0 Å². The lowest BCUT2D eigenvalue weighted by Crippen LogP contribution is -2.50. The van der Waals surface area contributed by atoms with Gasteiger partial charge in [-0.25, -0.2) is 0 Å². The predicted molar refractivity (Wildman–Crippen MR) is 95.0 cm³/mol. The summed E-state index contributed by atoms with van der Waals surface area (Å²) in [6.45, 7) is 2.85. The molecule has 0 saturated carbocycles. The standard InChI is InChI=1S/C17H17Cl2N3O2/c18-13-1-2-15(19)16(11-13)24-12-17(23)22-9-7-21(8-10-22)14-3-5-20-6-4-14/h1-6,11H,7-10,12H2. The van der Waals surface area contributed by atoms with Gasteiger partial charge >= 0.3 is 0 Å². The Morgan fingerprint density at radius 1 is 1.08 bits per heavy atom. The molecule has 1 amide bonds. The van der Waals surface area contributed by atoms with Gasteiger partial charge in [-0.05, 0) is 24.3 Å². The third-order valence-corrected chi connectivity index (χ3v) is 4.45. The van der Waals surface area contributed by atoms with Gasteiger partial charge in [-0.15, -0.1) is 0 Å². The number of aromatic nitrogens is 1. The van der Waals surface area contributed by atoms with Gasteiger partial charge in [0.15, 0.2) is 6.61 Å². The molecule has 0 radical (unpaired) electrons. The number of hydrogen-bond donors (Lipinski definition) is 0. The highest BCUT2D eigenvalue weighted by atomic mass is 35.5. The van der Waals surface area contributed by atoms with Gasteiger partial charge in [0.1, 0.15) is 5.75 Å². The minimum atomic E-state index is -0.0552. The van der Waals surface area contributed by atoms with Gasteiger partial charge in [-0.2, -0.15) is 0 Å². The number of nitrogens with zero attached hydrogens (tertiary/aromatic N) is 3. The van der Waals surface area contributed by atoms with E-state index in [4.69, 9.17) is 27.9 Å². The fraction of sp³-hybridized carbons (Fsp3) is 0.294. The second-order valence-corrected chi connectivity index (χ2v) is 6.28. The molecule has 2 heterocycles. The number of carbonyl (C=O) groups is 1. The second-order valence-electron chi connectivity index (χ2n) is 5.44. The lowest BCUT2D eigenvalue weighted by atomic mass is 10.2. The largest absolute Gasteiger partial charge is 0.482 e. The van der Waals surface area contributed by atoms with Crippen LogP contribution in [0.15, 0.2) is 42.7 Å². The maximum Gasteiger partial charge on any atom is 0.260 e. The predicted octanol–water partition coefficient (Wildman–Crippen LogP) is 3.12. The molecule has 126 valence electrons. The van der Waals surface area contributed by atoms with Crippen LogP contribution < -0.4 is 9.64 Å². The molecule has 0 aliphatic carbocycles. The Balaban J connectivity index is 1.51. The molecule has 0 N–H and O–H groups in total. The Bertz CT molecular complexity index is 704. The van der Waals surface area contributed by atoms with Crippen LogP contribution in [0.5, 0.6) is 5.75 Å². The molecule has 1 aliphatic heterocycles. The summed E-state index contributed by atoms with van der Waals surface area (Å²) in [7, 11) is 0. The van der Waals surface area contributed by atoms with Crippen molar-refractivity contribution in [2.75, 3.05) is 37.7 Å². The highest BCUT2D eigenvalue weighted by molar-refractivity contribution is 6.34. The topological polar surface area (TPSA) is 45.7 Å². The molecule has 5 nitrogen and oxygen atoms in total. The summed E-state index contributed by atoms with van der Waals surface area (Å²) >= 11 is 11.9. The molecular formula is C17H17Cl2N3O2. The van der Waals surface area contributed by atoms with Crippen LogP contribution in [0.2, 0.25) is 10.0 Å². The van der Waals surface area contributed by atoms with Gasteiger partial charge in [-0.3, -0.25) is 9.78 Å². The Kier molecular flexibility index (Phi) is 5.43. The minimum Gasteiger partial charge on any atom is -0.482 e. The zero-order valence-corrected chi connectivity index (χ0v) is 14.5. The van der Waals surface area contributed by atoms with Crippen molar-refractivity contribution >= 4 is 34.8 Å². The first-order valence-corrected chi connectivity index (χ1v) is 8.39. The average molecular weight is 366 g/mol. The molecule has 1 saturated heterocycles. The molecule has 0 atom stereocenters. The van der Waals surface area contributed by atoms with Crippen LogP contribution in [0.4, 0.5) is 5.69 Å². The van der Waals surface area contributed by atoms with Crippen molar-refractivity contribution in [2.24, 2.45) is 0 Å². The first kappa shape index (κ1) is 16.9. The number of piperazine rings is 1. The molecule has 3 rings (SSSR count). The number of amides is 1. The zero-order chi connectivity index (χ0) is 16.9. The average Bonchev–Trinajstić information content (AvgIpc) is 2.63. The molecule has 24 heavy (non-hydrogen) atoms. The number of anilines is 1. The van der Waals surface area contributed by atoms with Crippen molar-refractivity contribution in [1.29, 1.82) is 0 Å². The fourth-order valence-corrected chi connectivity index (χ4v) is 2.92. The third-order valence-electron chi connectivity index (χ3n) is 3.90. The number of ether oxygens (including phenoxy) is 1.